The Morgan fingerprint density at radius 2 is 2.00 bits per heavy atom. The van der Waals surface area contributed by atoms with Crippen molar-refractivity contribution in [2.75, 3.05) is 0 Å². The first kappa shape index (κ1) is 8.24. The zero-order valence-corrected chi connectivity index (χ0v) is 8.07. The molecule has 3 aromatic rings. The van der Waals surface area contributed by atoms with Crippen molar-refractivity contribution in [1.29, 1.82) is 0 Å². The third-order valence-electron chi connectivity index (χ3n) is 2.40. The molecule has 0 amide bonds. The number of para-hydroxylation sites is 1. The molecular weight excluding hydrogens is 184 g/mol. The zero-order chi connectivity index (χ0) is 10.1. The van der Waals surface area contributed by atoms with Crippen LogP contribution in [0.2, 0.25) is 0 Å². The number of benzene rings is 1. The Kier molecular flexibility index (Phi) is 1.78. The van der Waals surface area contributed by atoms with Crippen LogP contribution in [-0.2, 0) is 0 Å². The molecule has 0 saturated carbocycles. The number of nitrogens with one attached hydrogen (secondary N) is 1. The van der Waals surface area contributed by atoms with E-state index in [1.165, 1.54) is 0 Å². The second-order valence-corrected chi connectivity index (χ2v) is 3.41. The summed E-state index contributed by atoms with van der Waals surface area (Å²) in [5.41, 5.74) is 3.16. The molecule has 2 heteroatoms. The normalized spacial score (nSPS) is 10.7. The molecule has 0 aliphatic carbocycles. The van der Waals surface area contributed by atoms with E-state index in [-0.39, 0.29) is 0 Å². The van der Waals surface area contributed by atoms with Gasteiger partial charge in [-0.15, -0.1) is 0 Å². The smallest absolute Gasteiger partial charge is 0.0561 e. The van der Waals surface area contributed by atoms with Gasteiger partial charge in [-0.25, -0.2) is 0 Å². The maximum Gasteiger partial charge on any atom is 0.0561 e. The number of aromatic nitrogens is 2. The van der Waals surface area contributed by atoms with Gasteiger partial charge in [0.1, 0.15) is 0 Å². The zero-order valence-electron chi connectivity index (χ0n) is 8.07. The van der Waals surface area contributed by atoms with Gasteiger partial charge < -0.3 is 4.98 Å². The molecule has 71 valence electrons. The average Bonchev–Trinajstić information content (AvgIpc) is 2.74. The average molecular weight is 193 g/mol. The Morgan fingerprint density at radius 1 is 1.07 bits per heavy atom. The standard InChI is InChI=1S/C13H9N2/c1-2-6-12-10(4-1)8-13(15-12)11-5-3-7-14-9-11/h1-7,9,15H. The van der Waals surface area contributed by atoms with Gasteiger partial charge in [0.05, 0.1) is 5.69 Å². The molecule has 2 aromatic heterocycles. The highest BCUT2D eigenvalue weighted by Gasteiger charge is 2.02. The molecule has 0 bridgehead atoms. The van der Waals surface area contributed by atoms with Crippen LogP contribution in [0.4, 0.5) is 0 Å². The Hall–Kier alpha value is -2.09. The monoisotopic (exact) mass is 193 g/mol. The summed E-state index contributed by atoms with van der Waals surface area (Å²) in [5, 5.41) is 1.11. The van der Waals surface area contributed by atoms with Crippen molar-refractivity contribution in [3.8, 4) is 11.3 Å². The van der Waals surface area contributed by atoms with Gasteiger partial charge in [0.15, 0.2) is 0 Å². The van der Waals surface area contributed by atoms with Crippen molar-refractivity contribution < 1.29 is 0 Å². The highest BCUT2D eigenvalue weighted by atomic mass is 14.7. The Morgan fingerprint density at radius 3 is 2.80 bits per heavy atom. The van der Waals surface area contributed by atoms with Crippen LogP contribution in [0.3, 0.4) is 0 Å². The topological polar surface area (TPSA) is 28.7 Å². The number of hydrogen-bond acceptors (Lipinski definition) is 1. The minimum Gasteiger partial charge on any atom is -0.354 e. The van der Waals surface area contributed by atoms with Gasteiger partial charge in [0.2, 0.25) is 0 Å². The van der Waals surface area contributed by atoms with Gasteiger partial charge in [-0.05, 0) is 18.2 Å². The number of hydrogen-bond donors (Lipinski definition) is 1. The summed E-state index contributed by atoms with van der Waals surface area (Å²) in [7, 11) is 0. The molecule has 2 nitrogen and oxygen atoms in total. The van der Waals surface area contributed by atoms with Crippen molar-refractivity contribution in [3.05, 3.63) is 54.9 Å². The van der Waals surface area contributed by atoms with E-state index in [1.54, 1.807) is 6.20 Å². The van der Waals surface area contributed by atoms with Crippen LogP contribution < -0.4 is 0 Å². The minimum atomic E-state index is 0.990. The number of pyridine rings is 1. The van der Waals surface area contributed by atoms with Crippen LogP contribution >= 0.6 is 0 Å². The molecule has 0 spiro atoms. The Labute approximate surface area is 87.6 Å². The van der Waals surface area contributed by atoms with E-state index in [2.05, 4.69) is 16.0 Å². The van der Waals surface area contributed by atoms with Gasteiger partial charge in [-0.2, -0.15) is 0 Å². The molecule has 0 aliphatic heterocycles. The summed E-state index contributed by atoms with van der Waals surface area (Å²) in [6.07, 6.45) is 3.60. The van der Waals surface area contributed by atoms with Crippen LogP contribution in [0.5, 0.6) is 0 Å². The minimum absolute atomic E-state index is 0.990. The summed E-state index contributed by atoms with van der Waals surface area (Å²) in [6, 6.07) is 15.4. The van der Waals surface area contributed by atoms with Gasteiger partial charge in [-0.1, -0.05) is 18.2 Å². The van der Waals surface area contributed by atoms with Crippen molar-refractivity contribution >= 4 is 10.9 Å². The fraction of sp³-hybridized carbons (Fsp3) is 0. The third-order valence-corrected chi connectivity index (χ3v) is 2.40. The van der Waals surface area contributed by atoms with Crippen LogP contribution in [0.15, 0.2) is 48.8 Å². The lowest BCUT2D eigenvalue weighted by molar-refractivity contribution is 1.31. The first-order valence-corrected chi connectivity index (χ1v) is 4.84. The molecule has 3 rings (SSSR count). The molecule has 1 aromatic carbocycles. The molecular formula is C13H9N2. The molecule has 0 saturated heterocycles. The second kappa shape index (κ2) is 3.24. The van der Waals surface area contributed by atoms with Gasteiger partial charge in [0, 0.05) is 34.9 Å². The van der Waals surface area contributed by atoms with Gasteiger partial charge in [-0.3, -0.25) is 4.98 Å². The van der Waals surface area contributed by atoms with Crippen molar-refractivity contribution in [3.63, 3.8) is 0 Å². The number of H-pyrrole nitrogens is 1. The SMILES string of the molecule is [c]1c(-c2cccnc2)[nH]c2ccccc12. The quantitative estimate of drug-likeness (QED) is 0.632. The summed E-state index contributed by atoms with van der Waals surface area (Å²) in [5.74, 6) is 0. The molecule has 15 heavy (non-hydrogen) atoms. The summed E-state index contributed by atoms with van der Waals surface area (Å²) in [6.45, 7) is 0. The van der Waals surface area contributed by atoms with E-state index in [1.807, 2.05) is 42.6 Å². The number of fused-ring (bicyclic) bond motifs is 1. The van der Waals surface area contributed by atoms with Crippen molar-refractivity contribution in [1.82, 2.24) is 9.97 Å². The van der Waals surface area contributed by atoms with E-state index < -0.39 is 0 Å². The van der Waals surface area contributed by atoms with Gasteiger partial charge in [0.25, 0.3) is 0 Å². The van der Waals surface area contributed by atoms with Crippen LogP contribution in [0.1, 0.15) is 0 Å². The molecule has 0 fully saturated rings. The van der Waals surface area contributed by atoms with E-state index in [0.29, 0.717) is 0 Å². The van der Waals surface area contributed by atoms with E-state index in [4.69, 9.17) is 0 Å². The Balaban J connectivity index is 2.21. The maximum absolute atomic E-state index is 4.09. The molecule has 0 unspecified atom stereocenters. The van der Waals surface area contributed by atoms with Crippen LogP contribution in [-0.4, -0.2) is 9.97 Å². The lowest BCUT2D eigenvalue weighted by atomic mass is 10.2. The molecule has 1 radical (unpaired) electrons. The maximum atomic E-state index is 4.09. The predicted octanol–water partition coefficient (Wildman–Crippen LogP) is 3.03. The summed E-state index contributed by atoms with van der Waals surface area (Å²) in [4.78, 5) is 7.41. The summed E-state index contributed by atoms with van der Waals surface area (Å²) < 4.78 is 0. The van der Waals surface area contributed by atoms with Crippen molar-refractivity contribution in [2.24, 2.45) is 0 Å². The largest absolute Gasteiger partial charge is 0.354 e. The predicted molar refractivity (Wildman–Crippen MR) is 60.4 cm³/mol. The lowest BCUT2D eigenvalue weighted by Gasteiger charge is -1.93. The van der Waals surface area contributed by atoms with E-state index in [9.17, 15) is 0 Å². The van der Waals surface area contributed by atoms with Gasteiger partial charge >= 0.3 is 0 Å². The molecule has 2 heterocycles. The van der Waals surface area contributed by atoms with Crippen LogP contribution in [0, 0.1) is 6.07 Å². The lowest BCUT2D eigenvalue weighted by Crippen LogP contribution is -1.77. The third kappa shape index (κ3) is 1.40. The van der Waals surface area contributed by atoms with Crippen molar-refractivity contribution in [2.45, 2.75) is 0 Å². The number of aromatic amines is 1. The first-order valence-electron chi connectivity index (χ1n) is 4.84. The van der Waals surface area contributed by atoms with E-state index in [0.717, 1.165) is 22.2 Å². The fourth-order valence-corrected chi connectivity index (χ4v) is 1.66. The molecule has 0 aliphatic rings. The van der Waals surface area contributed by atoms with Crippen LogP contribution in [0.25, 0.3) is 22.2 Å². The molecule has 1 N–H and O–H groups in total. The highest BCUT2D eigenvalue weighted by molar-refractivity contribution is 5.84. The fourth-order valence-electron chi connectivity index (χ4n) is 1.66. The summed E-state index contributed by atoms with van der Waals surface area (Å²) >= 11 is 0. The Bertz CT molecular complexity index is 549. The first-order chi connectivity index (χ1) is 7.43. The molecule has 0 atom stereocenters. The van der Waals surface area contributed by atoms with E-state index >= 15 is 0 Å². The highest BCUT2D eigenvalue weighted by Crippen LogP contribution is 2.21. The number of nitrogens with zero attached hydrogens (tertiary/aromatic N) is 1. The second-order valence-electron chi connectivity index (χ2n) is 3.41. The number of rotatable bonds is 1.